The molecule has 27 heavy (non-hydrogen) atoms. The van der Waals surface area contributed by atoms with Crippen molar-refractivity contribution >= 4 is 11.8 Å². The maximum Gasteiger partial charge on any atom is 0.407 e. The van der Waals surface area contributed by atoms with Gasteiger partial charge in [-0.1, -0.05) is 0 Å². The Bertz CT molecular complexity index is 696. The van der Waals surface area contributed by atoms with E-state index in [0.717, 1.165) is 44.5 Å². The molecule has 0 spiro atoms. The summed E-state index contributed by atoms with van der Waals surface area (Å²) >= 11 is 0. The maximum absolute atomic E-state index is 11.8. The number of hydrogen-bond donors (Lipinski definition) is 1. The van der Waals surface area contributed by atoms with Crippen LogP contribution in [0.4, 0.5) is 10.5 Å². The molecule has 1 aromatic heterocycles. The third-order valence-corrected chi connectivity index (χ3v) is 4.86. The molecule has 2 heterocycles. The number of nitrogens with one attached hydrogen (secondary N) is 1. The van der Waals surface area contributed by atoms with Gasteiger partial charge in [0.1, 0.15) is 11.7 Å². The van der Waals surface area contributed by atoms with Crippen LogP contribution in [-0.2, 0) is 4.74 Å². The van der Waals surface area contributed by atoms with Crippen molar-refractivity contribution < 1.29 is 14.3 Å². The molecular formula is C20H28N4O3. The van der Waals surface area contributed by atoms with Crippen molar-refractivity contribution in [3.63, 3.8) is 0 Å². The lowest BCUT2D eigenvalue weighted by Gasteiger charge is -2.37. The van der Waals surface area contributed by atoms with E-state index < -0.39 is 5.60 Å². The van der Waals surface area contributed by atoms with Crippen molar-refractivity contribution in [1.82, 2.24) is 10.3 Å². The molecule has 1 saturated carbocycles. The van der Waals surface area contributed by atoms with Crippen molar-refractivity contribution in [2.45, 2.75) is 64.2 Å². The summed E-state index contributed by atoms with van der Waals surface area (Å²) < 4.78 is 11.4. The van der Waals surface area contributed by atoms with Gasteiger partial charge in [0.25, 0.3) is 0 Å². The van der Waals surface area contributed by atoms with Gasteiger partial charge in [0, 0.05) is 44.1 Å². The maximum atomic E-state index is 11.8. The van der Waals surface area contributed by atoms with Gasteiger partial charge in [0.2, 0.25) is 5.88 Å². The molecule has 3 rings (SSSR count). The van der Waals surface area contributed by atoms with Crippen LogP contribution < -0.4 is 15.0 Å². The molecule has 1 aromatic rings. The van der Waals surface area contributed by atoms with Crippen LogP contribution in [0.2, 0.25) is 0 Å². The number of carbonyl (C=O) groups excluding carboxylic acids is 1. The summed E-state index contributed by atoms with van der Waals surface area (Å²) in [6.07, 6.45) is 4.61. The number of pyridine rings is 1. The molecule has 7 heteroatoms. The second-order valence-electron chi connectivity index (χ2n) is 8.27. The molecule has 0 atom stereocenters. The second kappa shape index (κ2) is 8.03. The Balaban J connectivity index is 1.50. The number of rotatable bonds is 4. The molecule has 0 unspecified atom stereocenters. The van der Waals surface area contributed by atoms with E-state index in [9.17, 15) is 4.79 Å². The summed E-state index contributed by atoms with van der Waals surface area (Å²) in [6, 6.07) is 6.36. The van der Waals surface area contributed by atoms with Crippen LogP contribution in [-0.4, -0.2) is 41.9 Å². The van der Waals surface area contributed by atoms with Gasteiger partial charge in [0.05, 0.1) is 11.8 Å². The first-order valence-electron chi connectivity index (χ1n) is 9.60. The van der Waals surface area contributed by atoms with Crippen LogP contribution in [0.5, 0.6) is 5.88 Å². The Morgan fingerprint density at radius 2 is 2.04 bits per heavy atom. The first kappa shape index (κ1) is 19.3. The zero-order valence-corrected chi connectivity index (χ0v) is 16.3. The summed E-state index contributed by atoms with van der Waals surface area (Å²) in [5, 5.41) is 11.9. The zero-order chi connectivity index (χ0) is 19.4. The number of anilines is 1. The van der Waals surface area contributed by atoms with Gasteiger partial charge in [-0.05, 0) is 45.7 Å². The summed E-state index contributed by atoms with van der Waals surface area (Å²) in [5.41, 5.74) is 0.489. The number of amides is 1. The Hall–Kier alpha value is -2.49. The van der Waals surface area contributed by atoms with E-state index in [0.29, 0.717) is 5.88 Å². The fourth-order valence-electron chi connectivity index (χ4n) is 3.38. The zero-order valence-electron chi connectivity index (χ0n) is 16.3. The molecule has 1 aliphatic carbocycles. The number of carbonyl (C=O) groups is 1. The average Bonchev–Trinajstić information content (AvgIpc) is 2.59. The molecule has 7 nitrogen and oxygen atoms in total. The molecule has 1 saturated heterocycles. The van der Waals surface area contributed by atoms with Crippen LogP contribution >= 0.6 is 0 Å². The minimum Gasteiger partial charge on any atom is -0.473 e. The van der Waals surface area contributed by atoms with Crippen molar-refractivity contribution in [2.75, 3.05) is 18.0 Å². The van der Waals surface area contributed by atoms with Crippen LogP contribution in [0.25, 0.3) is 0 Å². The van der Waals surface area contributed by atoms with E-state index in [4.69, 9.17) is 14.7 Å². The van der Waals surface area contributed by atoms with Gasteiger partial charge in [-0.2, -0.15) is 5.26 Å². The smallest absolute Gasteiger partial charge is 0.407 e. The summed E-state index contributed by atoms with van der Waals surface area (Å²) in [5.74, 6) is 0.780. The number of piperidine rings is 1. The van der Waals surface area contributed by atoms with Crippen molar-refractivity contribution in [1.29, 1.82) is 5.26 Å². The molecular weight excluding hydrogens is 344 g/mol. The van der Waals surface area contributed by atoms with Crippen molar-refractivity contribution in [3.05, 3.63) is 18.3 Å². The van der Waals surface area contributed by atoms with Gasteiger partial charge in [-0.3, -0.25) is 0 Å². The average molecular weight is 372 g/mol. The fraction of sp³-hybridized carbons (Fsp3) is 0.650. The largest absolute Gasteiger partial charge is 0.473 e. The number of nitriles is 1. The second-order valence-corrected chi connectivity index (χ2v) is 8.27. The third kappa shape index (κ3) is 5.25. The van der Waals surface area contributed by atoms with Gasteiger partial charge >= 0.3 is 6.09 Å². The minimum absolute atomic E-state index is 0.0373. The van der Waals surface area contributed by atoms with Gasteiger partial charge in [-0.25, -0.2) is 9.78 Å². The Morgan fingerprint density at radius 1 is 1.33 bits per heavy atom. The van der Waals surface area contributed by atoms with E-state index in [1.807, 2.05) is 32.9 Å². The Morgan fingerprint density at radius 3 is 2.67 bits per heavy atom. The molecule has 1 amide bonds. The van der Waals surface area contributed by atoms with E-state index in [2.05, 4.69) is 21.3 Å². The standard InChI is InChI=1S/C20H28N4O3/c1-20(2,3)27-19(25)23-15-11-16(12-15)26-18-17(5-4-8-22-18)24-9-6-14(13-21)7-10-24/h4-5,8,14-16H,6-7,9-12H2,1-3H3,(H,23,25). The first-order chi connectivity index (χ1) is 12.8. The predicted octanol–water partition coefficient (Wildman–Crippen LogP) is 3.26. The highest BCUT2D eigenvalue weighted by Gasteiger charge is 2.34. The highest BCUT2D eigenvalue weighted by atomic mass is 16.6. The molecule has 2 aliphatic rings. The van der Waals surface area contributed by atoms with Crippen LogP contribution in [0, 0.1) is 17.2 Å². The minimum atomic E-state index is -0.494. The topological polar surface area (TPSA) is 87.5 Å². The van der Waals surface area contributed by atoms with Crippen LogP contribution in [0.1, 0.15) is 46.5 Å². The van der Waals surface area contributed by atoms with Gasteiger partial charge in [-0.15, -0.1) is 0 Å². The highest BCUT2D eigenvalue weighted by molar-refractivity contribution is 5.68. The number of ether oxygens (including phenoxy) is 2. The number of hydrogen-bond acceptors (Lipinski definition) is 6. The molecule has 146 valence electrons. The van der Waals surface area contributed by atoms with Gasteiger partial charge < -0.3 is 19.7 Å². The summed E-state index contributed by atoms with van der Waals surface area (Å²) in [4.78, 5) is 18.5. The molecule has 0 bridgehead atoms. The number of nitrogens with zero attached hydrogens (tertiary/aromatic N) is 3. The first-order valence-corrected chi connectivity index (χ1v) is 9.60. The highest BCUT2D eigenvalue weighted by Crippen LogP contribution is 2.33. The lowest BCUT2D eigenvalue weighted by atomic mass is 9.89. The summed E-state index contributed by atoms with van der Waals surface area (Å²) in [6.45, 7) is 7.23. The fourth-order valence-corrected chi connectivity index (χ4v) is 3.38. The quantitative estimate of drug-likeness (QED) is 0.873. The molecule has 0 radical (unpaired) electrons. The van der Waals surface area contributed by atoms with E-state index in [-0.39, 0.29) is 24.2 Å². The Labute approximate surface area is 160 Å². The monoisotopic (exact) mass is 372 g/mol. The van der Waals surface area contributed by atoms with Gasteiger partial charge in [0.15, 0.2) is 0 Å². The number of aromatic nitrogens is 1. The molecule has 0 aromatic carbocycles. The molecule has 1 aliphatic heterocycles. The predicted molar refractivity (Wildman–Crippen MR) is 102 cm³/mol. The lowest BCUT2D eigenvalue weighted by Crippen LogP contribution is -2.50. The number of alkyl carbamates (subject to hydrolysis) is 1. The molecule has 1 N–H and O–H groups in total. The van der Waals surface area contributed by atoms with E-state index in [1.165, 1.54) is 0 Å². The van der Waals surface area contributed by atoms with E-state index in [1.54, 1.807) is 6.20 Å². The molecule has 2 fully saturated rings. The van der Waals surface area contributed by atoms with Crippen molar-refractivity contribution in [3.8, 4) is 11.9 Å². The third-order valence-electron chi connectivity index (χ3n) is 4.86. The van der Waals surface area contributed by atoms with Crippen LogP contribution in [0.3, 0.4) is 0 Å². The summed E-state index contributed by atoms with van der Waals surface area (Å²) in [7, 11) is 0. The van der Waals surface area contributed by atoms with Crippen LogP contribution in [0.15, 0.2) is 18.3 Å². The van der Waals surface area contributed by atoms with E-state index >= 15 is 0 Å². The lowest BCUT2D eigenvalue weighted by molar-refractivity contribution is 0.0355. The Kier molecular flexibility index (Phi) is 5.73. The SMILES string of the molecule is CC(C)(C)OC(=O)NC1CC(Oc2ncccc2N2CCC(C#N)CC2)C1. The normalized spacial score (nSPS) is 23.1. The van der Waals surface area contributed by atoms with Crippen molar-refractivity contribution in [2.24, 2.45) is 5.92 Å².